The van der Waals surface area contributed by atoms with Crippen molar-refractivity contribution >= 4 is 48.0 Å². The van der Waals surface area contributed by atoms with Gasteiger partial charge in [0.25, 0.3) is 0 Å². The van der Waals surface area contributed by atoms with Crippen LogP contribution in [0.5, 0.6) is 5.75 Å². The smallest absolute Gasteiger partial charge is 0.407 e. The van der Waals surface area contributed by atoms with E-state index in [9.17, 15) is 34.2 Å². The molecule has 0 spiro atoms. The van der Waals surface area contributed by atoms with Crippen molar-refractivity contribution < 1.29 is 62.6 Å². The van der Waals surface area contributed by atoms with Gasteiger partial charge in [0.15, 0.2) is 18.5 Å². The zero-order chi connectivity index (χ0) is 43.0. The lowest BCUT2D eigenvalue weighted by molar-refractivity contribution is -0.260. The number of carbonyl (C=O) groups excluding carboxylic acids is 5. The quantitative estimate of drug-likeness (QED) is 0.0474. The average Bonchev–Trinajstić information content (AvgIpc) is 3.55. The normalized spacial score (nSPS) is 32.6. The van der Waals surface area contributed by atoms with Gasteiger partial charge in [-0.05, 0) is 30.7 Å². The number of amides is 8. The first kappa shape index (κ1) is 43.9. The van der Waals surface area contributed by atoms with E-state index in [0.717, 1.165) is 0 Å². The Kier molecular flexibility index (Phi) is 14.5. The molecule has 26 nitrogen and oxygen atoms in total. The van der Waals surface area contributed by atoms with Gasteiger partial charge in [0, 0.05) is 19.0 Å². The van der Waals surface area contributed by atoms with Crippen LogP contribution in [0.2, 0.25) is 0 Å². The molecule has 59 heavy (non-hydrogen) atoms. The minimum atomic E-state index is -1.61. The number of aliphatic hydroxyl groups excluding tert-OH is 2. The van der Waals surface area contributed by atoms with Gasteiger partial charge in [-0.15, -0.1) is 0 Å². The van der Waals surface area contributed by atoms with Crippen LogP contribution < -0.4 is 65.3 Å². The van der Waals surface area contributed by atoms with Gasteiger partial charge in [-0.2, -0.15) is 0 Å². The molecule has 0 radical (unpaired) electrons. The average molecular weight is 836 g/mol. The zero-order valence-electron chi connectivity index (χ0n) is 31.5. The van der Waals surface area contributed by atoms with Gasteiger partial charge in [-0.1, -0.05) is 12.1 Å². The van der Waals surface area contributed by atoms with Crippen molar-refractivity contribution in [2.75, 3.05) is 19.8 Å². The van der Waals surface area contributed by atoms with Crippen LogP contribution in [-0.4, -0.2) is 151 Å². The lowest BCUT2D eigenvalue weighted by Crippen LogP contribution is -2.70. The molecule has 324 valence electrons. The van der Waals surface area contributed by atoms with Crippen molar-refractivity contribution in [3.63, 3.8) is 0 Å². The number of carbonyl (C=O) groups is 5. The summed E-state index contributed by atoms with van der Waals surface area (Å²) in [7, 11) is 0. The van der Waals surface area contributed by atoms with Crippen LogP contribution in [0.25, 0.3) is 6.08 Å². The second-order valence-electron chi connectivity index (χ2n) is 13.8. The van der Waals surface area contributed by atoms with Crippen LogP contribution in [0.1, 0.15) is 18.9 Å². The number of nitrogens with two attached hydrogens (primary N) is 5. The number of amidine groups is 1. The van der Waals surface area contributed by atoms with Crippen molar-refractivity contribution in [1.82, 2.24) is 31.9 Å². The zero-order valence-corrected chi connectivity index (χ0v) is 31.5. The fourth-order valence-electron chi connectivity index (χ4n) is 6.70. The Morgan fingerprint density at radius 1 is 0.932 bits per heavy atom. The summed E-state index contributed by atoms with van der Waals surface area (Å²) in [5.41, 5.74) is 28.0. The molecule has 13 atom stereocenters. The van der Waals surface area contributed by atoms with Crippen molar-refractivity contribution in [2.45, 2.75) is 92.9 Å². The van der Waals surface area contributed by atoms with Gasteiger partial charge >= 0.3 is 24.2 Å². The monoisotopic (exact) mass is 835 g/mol. The van der Waals surface area contributed by atoms with Crippen LogP contribution in [0.15, 0.2) is 35.3 Å². The molecule has 0 aliphatic carbocycles. The molecule has 4 saturated heterocycles. The molecular formula is C33H49N13O13. The summed E-state index contributed by atoms with van der Waals surface area (Å²) in [5.74, 6) is -0.536. The third-order valence-corrected chi connectivity index (χ3v) is 9.46. The van der Waals surface area contributed by atoms with Crippen molar-refractivity contribution in [3.8, 4) is 5.75 Å². The number of rotatable bonds is 14. The Morgan fingerprint density at radius 3 is 2.29 bits per heavy atom. The second-order valence-corrected chi connectivity index (χ2v) is 13.8. The summed E-state index contributed by atoms with van der Waals surface area (Å²) < 4.78 is 34.5. The molecule has 4 heterocycles. The van der Waals surface area contributed by atoms with Crippen LogP contribution in [0, 0.1) is 5.41 Å². The molecule has 4 aliphatic heterocycles. The summed E-state index contributed by atoms with van der Waals surface area (Å²) in [5, 5.41) is 44.9. The molecule has 8 amide bonds. The third kappa shape index (κ3) is 11.7. The van der Waals surface area contributed by atoms with Crippen molar-refractivity contribution in [2.24, 2.45) is 33.7 Å². The minimum Gasteiger partial charge on any atom is -0.462 e. The number of alkyl carbamates (subject to hydrolysis) is 1. The number of primary amides is 2. The van der Waals surface area contributed by atoms with Crippen LogP contribution >= 0.6 is 0 Å². The summed E-state index contributed by atoms with van der Waals surface area (Å²) >= 11 is 0. The Hall–Kier alpha value is -6.19. The second kappa shape index (κ2) is 19.5. The molecule has 26 heteroatoms. The summed E-state index contributed by atoms with van der Waals surface area (Å²) in [6.07, 6.45) is -7.64. The molecule has 0 bridgehead atoms. The molecule has 19 N–H and O–H groups in total. The first-order valence-electron chi connectivity index (χ1n) is 18.2. The summed E-state index contributed by atoms with van der Waals surface area (Å²) in [6, 6.07) is -2.21. The standard InChI is InChI=1S/C33H49N13O13/c1-12-19(25(49)23(41-29(36)37)28(56-12)57-14-5-2-13(3-6-14)4-7-18(47)40-9-8-17(34)35)44-32(52)46-26-22(43-31(39)51)24(48)16(11-54-26)58-27-21(42-30(38)50)20-15(10-55-27)59-33(53)45-20/h2-7,12,15-16,19-28,48-49H,8-11H2,1H3,(H3,34,35)(H,40,47)(H,45,53)(H4,36,37,41)(H3,38,42,50)(H3,39,43,51)(H2,44,46,52). The van der Waals surface area contributed by atoms with E-state index in [1.54, 1.807) is 37.3 Å². The molecule has 0 saturated carbocycles. The summed E-state index contributed by atoms with van der Waals surface area (Å²) in [6.45, 7) is 1.24. The first-order chi connectivity index (χ1) is 28.0. The molecule has 0 aromatic heterocycles. The first-order valence-corrected chi connectivity index (χ1v) is 18.2. The van der Waals surface area contributed by atoms with E-state index < -0.39 is 116 Å². The maximum absolute atomic E-state index is 13.4. The van der Waals surface area contributed by atoms with Gasteiger partial charge in [0.1, 0.15) is 48.3 Å². The number of fused-ring (bicyclic) bond motifs is 1. The van der Waals surface area contributed by atoms with Crippen LogP contribution in [0.4, 0.5) is 19.2 Å². The number of nitrogens with zero attached hydrogens (tertiary/aromatic N) is 1. The number of urea groups is 3. The highest BCUT2D eigenvalue weighted by Crippen LogP contribution is 2.29. The number of benzene rings is 1. The predicted octanol–water partition coefficient (Wildman–Crippen LogP) is -5.05. The van der Waals surface area contributed by atoms with Gasteiger partial charge < -0.3 is 99.2 Å². The van der Waals surface area contributed by atoms with Crippen LogP contribution in [0.3, 0.4) is 0 Å². The number of guanidine groups is 1. The van der Waals surface area contributed by atoms with Crippen LogP contribution in [-0.2, 0) is 28.5 Å². The highest BCUT2D eigenvalue weighted by atomic mass is 16.7. The summed E-state index contributed by atoms with van der Waals surface area (Å²) in [4.78, 5) is 65.1. The molecule has 4 fully saturated rings. The highest BCUT2D eigenvalue weighted by Gasteiger charge is 2.51. The van der Waals surface area contributed by atoms with Crippen molar-refractivity contribution in [3.05, 3.63) is 35.9 Å². The van der Waals surface area contributed by atoms with Gasteiger partial charge in [0.2, 0.25) is 12.2 Å². The maximum atomic E-state index is 13.4. The molecule has 1 aromatic carbocycles. The number of hydrogen-bond acceptors (Lipinski definition) is 15. The Bertz CT molecular complexity index is 1770. The SMILES string of the molecule is CC1OC(Oc2ccc(C=CC(=O)NCCC(=N)N)cc2)C(N=C(N)N)C(O)C1NC(=O)NC1OCC(OC2OCC3OC(=O)NC3C2NC(N)=O)C(O)C1NC(N)=O. The van der Waals surface area contributed by atoms with E-state index >= 15 is 0 Å². The van der Waals surface area contributed by atoms with E-state index in [1.807, 2.05) is 0 Å². The van der Waals surface area contributed by atoms with Gasteiger partial charge in [-0.25, -0.2) is 24.2 Å². The molecule has 5 rings (SSSR count). The maximum Gasteiger partial charge on any atom is 0.407 e. The number of aliphatic hydroxyl groups is 2. The van der Waals surface area contributed by atoms with E-state index in [2.05, 4.69) is 36.9 Å². The van der Waals surface area contributed by atoms with Crippen molar-refractivity contribution in [1.29, 1.82) is 5.41 Å². The van der Waals surface area contributed by atoms with E-state index in [1.165, 1.54) is 6.08 Å². The molecule has 13 unspecified atom stereocenters. The van der Waals surface area contributed by atoms with E-state index in [4.69, 9.17) is 62.5 Å². The number of nitrogens with one attached hydrogen (secondary N) is 7. The lowest BCUT2D eigenvalue weighted by atomic mass is 9.95. The molecule has 4 aliphatic rings. The Morgan fingerprint density at radius 2 is 1.63 bits per heavy atom. The molecular weight excluding hydrogens is 786 g/mol. The topological polar surface area (TPSA) is 420 Å². The number of hydrogen-bond donors (Lipinski definition) is 14. The van der Waals surface area contributed by atoms with Gasteiger partial charge in [-0.3, -0.25) is 10.2 Å². The number of aliphatic imine (C=N–C) groups is 1. The van der Waals surface area contributed by atoms with Gasteiger partial charge in [0.05, 0.1) is 37.2 Å². The Labute approximate surface area is 335 Å². The third-order valence-electron chi connectivity index (χ3n) is 9.46. The Balaban J connectivity index is 1.20. The number of ether oxygens (including phenoxy) is 6. The highest BCUT2D eigenvalue weighted by molar-refractivity contribution is 5.92. The molecule has 1 aromatic rings. The lowest BCUT2D eigenvalue weighted by Gasteiger charge is -2.44. The minimum absolute atomic E-state index is 0.0427. The predicted molar refractivity (Wildman–Crippen MR) is 202 cm³/mol. The fraction of sp³-hybridized carbons (Fsp3) is 0.545. The fourth-order valence-corrected chi connectivity index (χ4v) is 6.70. The van der Waals surface area contributed by atoms with E-state index in [0.29, 0.717) is 11.3 Å². The van der Waals surface area contributed by atoms with E-state index in [-0.39, 0.29) is 31.3 Å². The largest absolute Gasteiger partial charge is 0.462 e.